The maximum atomic E-state index is 11.9. The molecule has 0 aliphatic rings. The Kier molecular flexibility index (Phi) is 13.5. The van der Waals surface area contributed by atoms with E-state index in [1.54, 1.807) is 0 Å². The van der Waals surface area contributed by atoms with Gasteiger partial charge >= 0.3 is 5.97 Å². The molecule has 1 amide bonds. The third-order valence-electron chi connectivity index (χ3n) is 3.99. The summed E-state index contributed by atoms with van der Waals surface area (Å²) in [6, 6.07) is 7.37. The van der Waals surface area contributed by atoms with E-state index in [9.17, 15) is 9.59 Å². The molecule has 0 unspecified atom stereocenters. The molecule has 0 aliphatic carbocycles. The lowest BCUT2D eigenvalue weighted by atomic mass is 10.2. The molecule has 2 N–H and O–H groups in total. The second-order valence-corrected chi connectivity index (χ2v) is 6.91. The van der Waals surface area contributed by atoms with Gasteiger partial charge in [0.15, 0.2) is 5.11 Å². The van der Waals surface area contributed by atoms with Gasteiger partial charge in [0.25, 0.3) is 0 Å². The smallest absolute Gasteiger partial charge is 0.306 e. The first kappa shape index (κ1) is 24.8. The Morgan fingerprint density at radius 1 is 0.966 bits per heavy atom. The summed E-state index contributed by atoms with van der Waals surface area (Å²) in [5.41, 5.74) is 0.740. The van der Waals surface area contributed by atoms with Crippen molar-refractivity contribution in [3.8, 4) is 5.75 Å². The van der Waals surface area contributed by atoms with Crippen LogP contribution in [0.5, 0.6) is 5.75 Å². The molecule has 1 aromatic rings. The molecule has 0 heterocycles. The number of ether oxygens (including phenoxy) is 3. The molecule has 162 valence electrons. The average molecular weight is 425 g/mol. The zero-order chi connectivity index (χ0) is 21.3. The summed E-state index contributed by atoms with van der Waals surface area (Å²) in [6.45, 7) is 3.41. The van der Waals surface area contributed by atoms with E-state index in [1.807, 2.05) is 24.3 Å². The van der Waals surface area contributed by atoms with Crippen LogP contribution < -0.4 is 15.4 Å². The lowest BCUT2D eigenvalue weighted by Gasteiger charge is -2.11. The molecule has 0 radical (unpaired) electrons. The molecule has 1 aromatic carbocycles. The van der Waals surface area contributed by atoms with Crippen molar-refractivity contribution >= 4 is 34.9 Å². The largest absolute Gasteiger partial charge is 0.494 e. The van der Waals surface area contributed by atoms with Crippen LogP contribution >= 0.6 is 12.2 Å². The zero-order valence-corrected chi connectivity index (χ0v) is 18.1. The van der Waals surface area contributed by atoms with Gasteiger partial charge in [-0.1, -0.05) is 32.6 Å². The van der Waals surface area contributed by atoms with E-state index in [1.165, 1.54) is 32.8 Å². The van der Waals surface area contributed by atoms with E-state index < -0.39 is 5.97 Å². The summed E-state index contributed by atoms with van der Waals surface area (Å²) >= 11 is 5.12. The number of thiocarbonyl (C=S) groups is 1. The van der Waals surface area contributed by atoms with Gasteiger partial charge < -0.3 is 24.8 Å². The molecule has 1 rings (SSSR count). The zero-order valence-electron chi connectivity index (χ0n) is 17.3. The minimum absolute atomic E-state index is 0.00132. The van der Waals surface area contributed by atoms with Gasteiger partial charge in [0.05, 0.1) is 19.6 Å². The summed E-state index contributed by atoms with van der Waals surface area (Å²) < 4.78 is 15.4. The second-order valence-electron chi connectivity index (χ2n) is 6.50. The molecule has 0 bridgehead atoms. The van der Waals surface area contributed by atoms with Gasteiger partial charge in [-0.05, 0) is 42.9 Å². The number of methoxy groups -OCH3 is 1. The maximum absolute atomic E-state index is 11.9. The highest BCUT2D eigenvalue weighted by molar-refractivity contribution is 7.80. The summed E-state index contributed by atoms with van der Waals surface area (Å²) in [4.78, 5) is 23.3. The van der Waals surface area contributed by atoms with Gasteiger partial charge in [0, 0.05) is 19.2 Å². The van der Waals surface area contributed by atoms with Crippen LogP contribution in [0.25, 0.3) is 0 Å². The van der Waals surface area contributed by atoms with Crippen molar-refractivity contribution < 1.29 is 23.8 Å². The Morgan fingerprint density at radius 3 is 2.38 bits per heavy atom. The van der Waals surface area contributed by atoms with Crippen molar-refractivity contribution in [2.75, 3.05) is 32.2 Å². The fraction of sp³-hybridized carbons (Fsp3) is 0.571. The quantitative estimate of drug-likeness (QED) is 0.267. The van der Waals surface area contributed by atoms with Gasteiger partial charge in [-0.3, -0.25) is 9.59 Å². The molecule has 29 heavy (non-hydrogen) atoms. The number of hydrogen-bond acceptors (Lipinski definition) is 6. The third-order valence-corrected chi connectivity index (χ3v) is 4.19. The Hall–Kier alpha value is -2.19. The van der Waals surface area contributed by atoms with Gasteiger partial charge in [-0.2, -0.15) is 0 Å². The maximum Gasteiger partial charge on any atom is 0.306 e. The topological polar surface area (TPSA) is 85.9 Å². The summed E-state index contributed by atoms with van der Waals surface area (Å²) in [5.74, 6) is -0.000714. The number of anilines is 1. The molecule has 0 fully saturated rings. The number of rotatable bonds is 14. The van der Waals surface area contributed by atoms with Crippen molar-refractivity contribution in [3.05, 3.63) is 24.3 Å². The first-order valence-electron chi connectivity index (χ1n) is 10.0. The lowest BCUT2D eigenvalue weighted by molar-refractivity contribution is -0.146. The molecule has 0 aromatic heterocycles. The number of nitrogens with one attached hydrogen (secondary N) is 2. The summed E-state index contributed by atoms with van der Waals surface area (Å²) in [6.07, 6.45) is 5.99. The average Bonchev–Trinajstić information content (AvgIpc) is 2.70. The molecular formula is C21H32N2O5S. The Balaban J connectivity index is 2.23. The number of carbonyl (C=O) groups excluding carboxylic acids is 2. The highest BCUT2D eigenvalue weighted by Gasteiger charge is 2.09. The molecule has 8 heteroatoms. The normalized spacial score (nSPS) is 10.3. The molecule has 0 atom stereocenters. The molecule has 0 aliphatic heterocycles. The van der Waals surface area contributed by atoms with Crippen molar-refractivity contribution in [3.63, 3.8) is 0 Å². The monoisotopic (exact) mass is 424 g/mol. The van der Waals surface area contributed by atoms with Crippen molar-refractivity contribution in [1.82, 2.24) is 5.32 Å². The van der Waals surface area contributed by atoms with Crippen molar-refractivity contribution in [1.29, 1.82) is 0 Å². The van der Waals surface area contributed by atoms with Crippen LogP contribution in [0, 0.1) is 0 Å². The molecule has 0 spiro atoms. The number of benzene rings is 1. The Morgan fingerprint density at radius 2 is 1.69 bits per heavy atom. The van der Waals surface area contributed by atoms with Gasteiger partial charge in [0.2, 0.25) is 5.91 Å². The minimum atomic E-state index is -0.447. The van der Waals surface area contributed by atoms with Gasteiger partial charge in [-0.25, -0.2) is 0 Å². The predicted molar refractivity (Wildman–Crippen MR) is 117 cm³/mol. The van der Waals surface area contributed by atoms with E-state index in [4.69, 9.17) is 26.4 Å². The molecule has 0 saturated heterocycles. The minimum Gasteiger partial charge on any atom is -0.494 e. The number of hydrogen-bond donors (Lipinski definition) is 2. The van der Waals surface area contributed by atoms with Crippen LogP contribution in [-0.2, 0) is 19.1 Å². The van der Waals surface area contributed by atoms with Crippen LogP contribution in [0.1, 0.15) is 51.9 Å². The highest BCUT2D eigenvalue weighted by Crippen LogP contribution is 2.16. The summed E-state index contributed by atoms with van der Waals surface area (Å²) in [7, 11) is 1.52. The van der Waals surface area contributed by atoms with E-state index in [-0.39, 0.29) is 30.5 Å². The Labute approximate surface area is 178 Å². The fourth-order valence-corrected chi connectivity index (χ4v) is 2.64. The van der Waals surface area contributed by atoms with Gasteiger partial charge in [-0.15, -0.1) is 0 Å². The van der Waals surface area contributed by atoms with Gasteiger partial charge in [0.1, 0.15) is 12.4 Å². The number of amides is 1. The van der Waals surface area contributed by atoms with Crippen LogP contribution in [0.15, 0.2) is 24.3 Å². The van der Waals surface area contributed by atoms with E-state index in [0.29, 0.717) is 13.2 Å². The van der Waals surface area contributed by atoms with E-state index in [0.717, 1.165) is 17.9 Å². The van der Waals surface area contributed by atoms with Crippen LogP contribution in [-0.4, -0.2) is 43.9 Å². The SMILES string of the molecule is CCCCCCCOc1ccc(NC(=S)NC(=O)CCC(=O)OCCOC)cc1. The van der Waals surface area contributed by atoms with Crippen LogP contribution in [0.2, 0.25) is 0 Å². The summed E-state index contributed by atoms with van der Waals surface area (Å²) in [5, 5.41) is 5.65. The van der Waals surface area contributed by atoms with E-state index >= 15 is 0 Å². The first-order chi connectivity index (χ1) is 14.0. The first-order valence-corrected chi connectivity index (χ1v) is 10.4. The molecule has 0 saturated carbocycles. The van der Waals surface area contributed by atoms with Crippen LogP contribution in [0.4, 0.5) is 5.69 Å². The lowest BCUT2D eigenvalue weighted by Crippen LogP contribution is -2.34. The predicted octanol–water partition coefficient (Wildman–Crippen LogP) is 3.82. The molecular weight excluding hydrogens is 392 g/mol. The molecule has 7 nitrogen and oxygen atoms in total. The van der Waals surface area contributed by atoms with Crippen LogP contribution in [0.3, 0.4) is 0 Å². The second kappa shape index (κ2) is 15.7. The highest BCUT2D eigenvalue weighted by atomic mass is 32.1. The van der Waals surface area contributed by atoms with Crippen molar-refractivity contribution in [2.24, 2.45) is 0 Å². The third kappa shape index (κ3) is 12.8. The number of esters is 1. The Bertz CT molecular complexity index is 622. The number of carbonyl (C=O) groups is 2. The standard InChI is InChI=1S/C21H32N2O5S/c1-3-4-5-6-7-14-27-18-10-8-17(9-11-18)22-21(29)23-19(24)12-13-20(25)28-16-15-26-2/h8-11H,3-7,12-16H2,1-2H3,(H2,22,23,24,29). The fourth-order valence-electron chi connectivity index (χ4n) is 2.41. The van der Waals surface area contributed by atoms with E-state index in [2.05, 4.69) is 17.6 Å². The van der Waals surface area contributed by atoms with Crippen molar-refractivity contribution in [2.45, 2.75) is 51.9 Å². The number of unbranched alkanes of at least 4 members (excludes halogenated alkanes) is 4.